The summed E-state index contributed by atoms with van der Waals surface area (Å²) in [5.74, 6) is -0.571. The lowest BCUT2D eigenvalue weighted by atomic mass is 10.2. The number of esters is 1. The van der Waals surface area contributed by atoms with Crippen LogP contribution in [0.15, 0.2) is 17.4 Å². The van der Waals surface area contributed by atoms with Gasteiger partial charge in [0.2, 0.25) is 0 Å². The van der Waals surface area contributed by atoms with Crippen molar-refractivity contribution in [3.05, 3.63) is 34.0 Å². The van der Waals surface area contributed by atoms with Crippen LogP contribution in [0, 0.1) is 0 Å². The average Bonchev–Trinajstić information content (AvgIpc) is 2.79. The molecule has 1 aromatic rings. The Hall–Kier alpha value is -2.27. The molecule has 19 heavy (non-hydrogen) atoms. The molecule has 7 heteroatoms. The summed E-state index contributed by atoms with van der Waals surface area (Å²) < 4.78 is 6.57. The van der Waals surface area contributed by atoms with Crippen LogP contribution in [0.1, 0.15) is 41.1 Å². The zero-order valence-electron chi connectivity index (χ0n) is 11.0. The number of hydrogen-bond donors (Lipinski definition) is 0. The topological polar surface area (TPSA) is 97.1 Å². The van der Waals surface area contributed by atoms with E-state index in [2.05, 4.69) is 10.0 Å². The van der Waals surface area contributed by atoms with Crippen LogP contribution in [0.4, 0.5) is 0 Å². The highest BCUT2D eigenvalue weighted by Gasteiger charge is 2.15. The number of nitrogens with zero attached hydrogens (tertiary/aromatic N) is 4. The Morgan fingerprint density at radius 2 is 2.26 bits per heavy atom. The lowest BCUT2D eigenvalue weighted by Crippen LogP contribution is -2.06. The summed E-state index contributed by atoms with van der Waals surface area (Å²) in [6, 6.07) is 1.52. The molecular weight excluding hydrogens is 248 g/mol. The number of ether oxygens (including phenoxy) is 1. The number of carbonyl (C=O) groups excluding carboxylic acids is 2. The molecule has 0 bridgehead atoms. The molecule has 0 atom stereocenters. The van der Waals surface area contributed by atoms with Gasteiger partial charge in [-0.1, -0.05) is 5.11 Å². The molecule has 7 nitrogen and oxygen atoms in total. The molecule has 102 valence electrons. The number of azide groups is 1. The summed E-state index contributed by atoms with van der Waals surface area (Å²) in [7, 11) is 0. The zero-order valence-corrected chi connectivity index (χ0v) is 11.0. The molecule has 0 spiro atoms. The summed E-state index contributed by atoms with van der Waals surface area (Å²) in [4.78, 5) is 25.7. The van der Waals surface area contributed by atoms with Crippen molar-refractivity contribution in [1.29, 1.82) is 0 Å². The second-order valence-corrected chi connectivity index (χ2v) is 3.89. The Labute approximate surface area is 110 Å². The predicted molar refractivity (Wildman–Crippen MR) is 69.0 cm³/mol. The van der Waals surface area contributed by atoms with Gasteiger partial charge in [0.1, 0.15) is 0 Å². The quantitative estimate of drug-likeness (QED) is 0.189. The van der Waals surface area contributed by atoms with Gasteiger partial charge in [-0.3, -0.25) is 4.79 Å². The van der Waals surface area contributed by atoms with E-state index in [1.54, 1.807) is 17.7 Å². The van der Waals surface area contributed by atoms with E-state index < -0.39 is 5.97 Å². The molecule has 0 saturated heterocycles. The SMILES string of the molecule is CCOC(=O)c1cc(C(C)=O)n(CCCN=[N+]=[N-])c1. The number of carbonyl (C=O) groups is 2. The number of aryl methyl sites for hydroxylation is 1. The van der Waals surface area contributed by atoms with Crippen LogP contribution in [0.25, 0.3) is 10.4 Å². The molecule has 0 amide bonds. The number of ketones is 1. The normalized spacial score (nSPS) is 9.79. The smallest absolute Gasteiger partial charge is 0.339 e. The molecular formula is C12H16N4O3. The van der Waals surface area contributed by atoms with E-state index in [1.807, 2.05) is 0 Å². The van der Waals surface area contributed by atoms with E-state index in [0.717, 1.165) is 0 Å². The first kappa shape index (κ1) is 14.8. The van der Waals surface area contributed by atoms with Crippen molar-refractivity contribution in [3.8, 4) is 0 Å². The van der Waals surface area contributed by atoms with E-state index in [1.165, 1.54) is 13.0 Å². The highest BCUT2D eigenvalue weighted by molar-refractivity contribution is 5.97. The van der Waals surface area contributed by atoms with Gasteiger partial charge in [-0.05, 0) is 24.9 Å². The predicted octanol–water partition coefficient (Wildman–Crippen LogP) is 2.57. The molecule has 0 aliphatic rings. The third-order valence-corrected chi connectivity index (χ3v) is 2.49. The number of hydrogen-bond acceptors (Lipinski definition) is 4. The molecule has 1 heterocycles. The largest absolute Gasteiger partial charge is 0.462 e. The number of aromatic nitrogens is 1. The second kappa shape index (κ2) is 7.23. The maximum absolute atomic E-state index is 11.6. The van der Waals surface area contributed by atoms with Crippen LogP contribution < -0.4 is 0 Å². The monoisotopic (exact) mass is 264 g/mol. The van der Waals surface area contributed by atoms with Gasteiger partial charge in [-0.25, -0.2) is 4.79 Å². The minimum Gasteiger partial charge on any atom is -0.462 e. The van der Waals surface area contributed by atoms with E-state index >= 15 is 0 Å². The van der Waals surface area contributed by atoms with Gasteiger partial charge < -0.3 is 9.30 Å². The summed E-state index contributed by atoms with van der Waals surface area (Å²) in [6.45, 7) is 4.30. The highest BCUT2D eigenvalue weighted by Crippen LogP contribution is 2.12. The van der Waals surface area contributed by atoms with Crippen LogP contribution in [0.2, 0.25) is 0 Å². The van der Waals surface area contributed by atoms with E-state index in [9.17, 15) is 9.59 Å². The van der Waals surface area contributed by atoms with Crippen LogP contribution in [0.3, 0.4) is 0 Å². The van der Waals surface area contributed by atoms with Crippen LogP contribution >= 0.6 is 0 Å². The fourth-order valence-corrected chi connectivity index (χ4v) is 1.68. The molecule has 0 unspecified atom stereocenters. The van der Waals surface area contributed by atoms with Gasteiger partial charge in [-0.2, -0.15) is 0 Å². The Balaban J connectivity index is 2.85. The second-order valence-electron chi connectivity index (χ2n) is 3.89. The van der Waals surface area contributed by atoms with Gasteiger partial charge in [0.15, 0.2) is 5.78 Å². The molecule has 0 aromatic carbocycles. The molecule has 1 rings (SSSR count). The van der Waals surface area contributed by atoms with E-state index in [-0.39, 0.29) is 12.4 Å². The molecule has 1 aromatic heterocycles. The van der Waals surface area contributed by atoms with Gasteiger partial charge in [0.05, 0.1) is 17.9 Å². The fraction of sp³-hybridized carbons (Fsp3) is 0.500. The Bertz CT molecular complexity index is 515. The molecule has 0 aliphatic heterocycles. The van der Waals surface area contributed by atoms with Crippen molar-refractivity contribution in [2.45, 2.75) is 26.8 Å². The Morgan fingerprint density at radius 3 is 2.84 bits per heavy atom. The minimum absolute atomic E-state index is 0.126. The van der Waals surface area contributed by atoms with E-state index in [0.29, 0.717) is 30.8 Å². The third kappa shape index (κ3) is 4.15. The van der Waals surface area contributed by atoms with Gasteiger partial charge in [0, 0.05) is 31.1 Å². The molecule has 0 aliphatic carbocycles. The van der Waals surface area contributed by atoms with Crippen molar-refractivity contribution < 1.29 is 14.3 Å². The minimum atomic E-state index is -0.446. The van der Waals surface area contributed by atoms with Gasteiger partial charge in [-0.15, -0.1) is 0 Å². The first-order valence-electron chi connectivity index (χ1n) is 5.99. The zero-order chi connectivity index (χ0) is 14.3. The molecule has 0 fully saturated rings. The maximum Gasteiger partial charge on any atom is 0.339 e. The number of Topliss-reactive ketones (excluding diaryl/α,β-unsaturated/α-hetero) is 1. The van der Waals surface area contributed by atoms with Crippen molar-refractivity contribution in [3.63, 3.8) is 0 Å². The average molecular weight is 264 g/mol. The van der Waals surface area contributed by atoms with Crippen LogP contribution in [0.5, 0.6) is 0 Å². The van der Waals surface area contributed by atoms with Crippen LogP contribution in [-0.2, 0) is 11.3 Å². The Kier molecular flexibility index (Phi) is 5.63. The first-order chi connectivity index (χ1) is 9.10. The summed E-state index contributed by atoms with van der Waals surface area (Å²) in [5.41, 5.74) is 8.98. The summed E-state index contributed by atoms with van der Waals surface area (Å²) in [5, 5.41) is 3.42. The highest BCUT2D eigenvalue weighted by atomic mass is 16.5. The maximum atomic E-state index is 11.6. The molecule has 0 N–H and O–H groups in total. The molecule has 0 saturated carbocycles. The Morgan fingerprint density at radius 1 is 1.53 bits per heavy atom. The molecule has 0 radical (unpaired) electrons. The fourth-order valence-electron chi connectivity index (χ4n) is 1.68. The van der Waals surface area contributed by atoms with E-state index in [4.69, 9.17) is 10.3 Å². The van der Waals surface area contributed by atoms with Crippen LogP contribution in [-0.4, -0.2) is 29.5 Å². The van der Waals surface area contributed by atoms with Gasteiger partial charge in [0.25, 0.3) is 0 Å². The van der Waals surface area contributed by atoms with Crippen molar-refractivity contribution in [2.24, 2.45) is 5.11 Å². The third-order valence-electron chi connectivity index (χ3n) is 2.49. The van der Waals surface area contributed by atoms with Crippen molar-refractivity contribution in [2.75, 3.05) is 13.2 Å². The lowest BCUT2D eigenvalue weighted by Gasteiger charge is -2.04. The summed E-state index contributed by atoms with van der Waals surface area (Å²) >= 11 is 0. The standard InChI is InChI=1S/C12H16N4O3/c1-3-19-12(18)10-7-11(9(2)17)16(8-10)6-4-5-14-15-13/h7-8H,3-6H2,1-2H3. The number of rotatable bonds is 7. The van der Waals surface area contributed by atoms with Gasteiger partial charge >= 0.3 is 5.97 Å². The summed E-state index contributed by atoms with van der Waals surface area (Å²) in [6.07, 6.45) is 2.19. The lowest BCUT2D eigenvalue weighted by molar-refractivity contribution is 0.0526. The van der Waals surface area contributed by atoms with Crippen molar-refractivity contribution in [1.82, 2.24) is 4.57 Å². The first-order valence-corrected chi connectivity index (χ1v) is 5.99. The van der Waals surface area contributed by atoms with Crippen molar-refractivity contribution >= 4 is 11.8 Å².